The van der Waals surface area contributed by atoms with Gasteiger partial charge in [-0.05, 0) is 36.1 Å². The van der Waals surface area contributed by atoms with E-state index in [1.165, 1.54) is 22.5 Å². The fraction of sp³-hybridized carbons (Fsp3) is 0.263. The molecule has 2 heterocycles. The third-order valence-electron chi connectivity index (χ3n) is 5.12. The molecule has 0 aliphatic carbocycles. The van der Waals surface area contributed by atoms with Gasteiger partial charge in [0.15, 0.2) is 0 Å². The largest absolute Gasteiger partial charge is 0.338 e. The Hall–Kier alpha value is -1.78. The van der Waals surface area contributed by atoms with Gasteiger partial charge >= 0.3 is 0 Å². The number of thiocarbonyl (C=S) groups is 2. The van der Waals surface area contributed by atoms with E-state index < -0.39 is 0 Å². The lowest BCUT2D eigenvalue weighted by Gasteiger charge is -2.49. The molecule has 2 aromatic rings. The van der Waals surface area contributed by atoms with Crippen molar-refractivity contribution in [2.24, 2.45) is 5.41 Å². The van der Waals surface area contributed by atoms with Crippen LogP contribution in [0.5, 0.6) is 0 Å². The predicted octanol–water partition coefficient (Wildman–Crippen LogP) is 4.01. The molecule has 2 aliphatic heterocycles. The second-order valence-corrected chi connectivity index (χ2v) is 7.19. The second-order valence-electron chi connectivity index (χ2n) is 6.42. The number of para-hydroxylation sites is 2. The average molecular weight is 339 g/mol. The van der Waals surface area contributed by atoms with Crippen LogP contribution >= 0.6 is 24.4 Å². The fourth-order valence-corrected chi connectivity index (χ4v) is 4.69. The Morgan fingerprint density at radius 1 is 0.739 bits per heavy atom. The zero-order chi connectivity index (χ0) is 16.2. The van der Waals surface area contributed by atoms with Crippen molar-refractivity contribution in [3.63, 3.8) is 0 Å². The highest BCUT2D eigenvalue weighted by Crippen LogP contribution is 2.46. The summed E-state index contributed by atoms with van der Waals surface area (Å²) in [4.78, 5) is 6.15. The van der Waals surface area contributed by atoms with Crippen molar-refractivity contribution in [2.45, 2.75) is 12.8 Å². The van der Waals surface area contributed by atoms with Gasteiger partial charge in [0, 0.05) is 25.5 Å². The highest BCUT2D eigenvalue weighted by atomic mass is 32.1. The summed E-state index contributed by atoms with van der Waals surface area (Å²) in [6.07, 6.45) is 1.76. The number of nitrogens with zero attached hydrogens (tertiary/aromatic N) is 2. The van der Waals surface area contributed by atoms with Crippen LogP contribution in [-0.2, 0) is 12.8 Å². The van der Waals surface area contributed by atoms with Crippen LogP contribution in [0.25, 0.3) is 0 Å². The Bertz CT molecular complexity index is 758. The number of fused-ring (bicyclic) bond motifs is 2. The molecule has 2 aliphatic rings. The SMILES string of the molecule is CN1C(=S)C2(Cc3ccccc31)Cc1ccccc1N(C)C2=S. The number of anilines is 2. The van der Waals surface area contributed by atoms with Crippen LogP contribution in [0.3, 0.4) is 0 Å². The van der Waals surface area contributed by atoms with Gasteiger partial charge in [-0.2, -0.15) is 0 Å². The van der Waals surface area contributed by atoms with Crippen molar-refractivity contribution in [2.75, 3.05) is 23.9 Å². The molecule has 0 atom stereocenters. The van der Waals surface area contributed by atoms with Crippen LogP contribution in [0.1, 0.15) is 11.1 Å². The second kappa shape index (κ2) is 5.11. The van der Waals surface area contributed by atoms with Crippen LogP contribution in [0.15, 0.2) is 48.5 Å². The number of hydrogen-bond acceptors (Lipinski definition) is 2. The first-order chi connectivity index (χ1) is 11.0. The monoisotopic (exact) mass is 338 g/mol. The van der Waals surface area contributed by atoms with E-state index in [1.807, 2.05) is 0 Å². The molecule has 2 nitrogen and oxygen atoms in total. The molecule has 0 N–H and O–H groups in total. The fourth-order valence-electron chi connectivity index (χ4n) is 3.94. The molecule has 0 amide bonds. The van der Waals surface area contributed by atoms with Crippen LogP contribution in [-0.4, -0.2) is 24.1 Å². The first-order valence-electron chi connectivity index (χ1n) is 7.77. The molecule has 0 radical (unpaired) electrons. The van der Waals surface area contributed by atoms with E-state index in [0.717, 1.165) is 22.8 Å². The molecule has 0 fully saturated rings. The van der Waals surface area contributed by atoms with Crippen molar-refractivity contribution in [3.8, 4) is 0 Å². The van der Waals surface area contributed by atoms with Crippen molar-refractivity contribution < 1.29 is 0 Å². The average Bonchev–Trinajstić information content (AvgIpc) is 2.58. The molecule has 116 valence electrons. The Kier molecular flexibility index (Phi) is 3.29. The van der Waals surface area contributed by atoms with Gasteiger partial charge in [-0.25, -0.2) is 0 Å². The zero-order valence-corrected chi connectivity index (χ0v) is 14.9. The van der Waals surface area contributed by atoms with Gasteiger partial charge in [0.25, 0.3) is 0 Å². The molecule has 23 heavy (non-hydrogen) atoms. The van der Waals surface area contributed by atoms with E-state index in [0.29, 0.717) is 0 Å². The number of benzene rings is 2. The van der Waals surface area contributed by atoms with Crippen molar-refractivity contribution in [1.29, 1.82) is 0 Å². The predicted molar refractivity (Wildman–Crippen MR) is 105 cm³/mol. The lowest BCUT2D eigenvalue weighted by Crippen LogP contribution is -2.58. The zero-order valence-electron chi connectivity index (χ0n) is 13.2. The molecule has 4 heteroatoms. The van der Waals surface area contributed by atoms with Crippen molar-refractivity contribution in [3.05, 3.63) is 59.7 Å². The van der Waals surface area contributed by atoms with Gasteiger partial charge in [0.05, 0.1) is 15.4 Å². The smallest absolute Gasteiger partial charge is 0.0959 e. The first-order valence-corrected chi connectivity index (χ1v) is 8.58. The normalized spacial score (nSPS) is 18.9. The molecule has 0 saturated carbocycles. The highest BCUT2D eigenvalue weighted by Gasteiger charge is 2.49. The molecular weight excluding hydrogens is 320 g/mol. The van der Waals surface area contributed by atoms with Crippen molar-refractivity contribution in [1.82, 2.24) is 0 Å². The molecule has 0 unspecified atom stereocenters. The highest BCUT2D eigenvalue weighted by molar-refractivity contribution is 7.82. The molecule has 1 spiro atoms. The van der Waals surface area contributed by atoms with E-state index in [4.69, 9.17) is 24.4 Å². The molecule has 2 aromatic carbocycles. The quantitative estimate of drug-likeness (QED) is 0.669. The standard InChI is InChI=1S/C19H18N2S2/c1-20-15-9-5-3-7-13(15)11-19(17(20)22)12-14-8-4-6-10-16(14)21(2)18(19)23/h3-10H,11-12H2,1-2H3. The molecule has 0 aromatic heterocycles. The summed E-state index contributed by atoms with van der Waals surface area (Å²) in [7, 11) is 4.12. The Balaban J connectivity index is 1.89. The maximum absolute atomic E-state index is 5.91. The lowest BCUT2D eigenvalue weighted by atomic mass is 9.70. The topological polar surface area (TPSA) is 6.48 Å². The summed E-state index contributed by atoms with van der Waals surface area (Å²) in [6.45, 7) is 0. The number of hydrogen-bond donors (Lipinski definition) is 0. The van der Waals surface area contributed by atoms with Gasteiger partial charge in [-0.3, -0.25) is 0 Å². The summed E-state index contributed by atoms with van der Waals surface area (Å²) in [5.41, 5.74) is 4.76. The maximum atomic E-state index is 5.91. The minimum atomic E-state index is -0.281. The summed E-state index contributed by atoms with van der Waals surface area (Å²) in [5, 5.41) is 0. The summed E-state index contributed by atoms with van der Waals surface area (Å²) >= 11 is 11.8. The first kappa shape index (κ1) is 14.8. The van der Waals surface area contributed by atoms with Gasteiger partial charge in [0.2, 0.25) is 0 Å². The van der Waals surface area contributed by atoms with Gasteiger partial charge < -0.3 is 9.80 Å². The molecule has 0 saturated heterocycles. The van der Waals surface area contributed by atoms with Crippen LogP contribution in [0.4, 0.5) is 11.4 Å². The Labute approximate surface area is 147 Å². The minimum absolute atomic E-state index is 0.281. The van der Waals surface area contributed by atoms with E-state index in [-0.39, 0.29) is 5.41 Å². The maximum Gasteiger partial charge on any atom is 0.0959 e. The summed E-state index contributed by atoms with van der Waals surface area (Å²) in [6, 6.07) is 17.0. The Morgan fingerprint density at radius 2 is 1.13 bits per heavy atom. The third-order valence-corrected chi connectivity index (χ3v) is 6.45. The van der Waals surface area contributed by atoms with Gasteiger partial charge in [-0.1, -0.05) is 60.8 Å². The van der Waals surface area contributed by atoms with E-state index in [2.05, 4.69) is 72.4 Å². The minimum Gasteiger partial charge on any atom is -0.338 e. The van der Waals surface area contributed by atoms with E-state index in [9.17, 15) is 0 Å². The molecule has 4 rings (SSSR count). The molecular formula is C19H18N2S2. The summed E-state index contributed by atoms with van der Waals surface area (Å²) in [5.74, 6) is 0. The summed E-state index contributed by atoms with van der Waals surface area (Å²) < 4.78 is 0. The van der Waals surface area contributed by atoms with Crippen LogP contribution in [0.2, 0.25) is 0 Å². The van der Waals surface area contributed by atoms with Gasteiger partial charge in [-0.15, -0.1) is 0 Å². The third kappa shape index (κ3) is 1.98. The lowest BCUT2D eigenvalue weighted by molar-refractivity contribution is 0.546. The Morgan fingerprint density at radius 3 is 1.57 bits per heavy atom. The van der Waals surface area contributed by atoms with Crippen molar-refractivity contribution >= 4 is 45.8 Å². The number of rotatable bonds is 0. The van der Waals surface area contributed by atoms with Crippen LogP contribution < -0.4 is 9.80 Å². The van der Waals surface area contributed by atoms with E-state index >= 15 is 0 Å². The van der Waals surface area contributed by atoms with E-state index in [1.54, 1.807) is 0 Å². The van der Waals surface area contributed by atoms with Gasteiger partial charge in [0.1, 0.15) is 0 Å². The molecule has 0 bridgehead atoms. The van der Waals surface area contributed by atoms with Crippen LogP contribution in [0, 0.1) is 5.41 Å².